The second kappa shape index (κ2) is 8.04. The first-order chi connectivity index (χ1) is 15.8. The summed E-state index contributed by atoms with van der Waals surface area (Å²) in [7, 11) is 0. The van der Waals surface area contributed by atoms with Crippen LogP contribution in [0.2, 0.25) is 0 Å². The summed E-state index contributed by atoms with van der Waals surface area (Å²) in [6.07, 6.45) is 3.29. The van der Waals surface area contributed by atoms with Gasteiger partial charge in [0.15, 0.2) is 6.23 Å². The van der Waals surface area contributed by atoms with E-state index < -0.39 is 18.1 Å². The number of esters is 1. The molecule has 0 bridgehead atoms. The van der Waals surface area contributed by atoms with Gasteiger partial charge in [0.05, 0.1) is 11.2 Å². The Hall–Kier alpha value is -3.66. The number of anilines is 3. The third-order valence-electron chi connectivity index (χ3n) is 6.09. The van der Waals surface area contributed by atoms with Crippen LogP contribution in [0.1, 0.15) is 25.1 Å². The quantitative estimate of drug-likeness (QED) is 0.453. The van der Waals surface area contributed by atoms with E-state index in [1.807, 2.05) is 42.3 Å². The SMILES string of the molecule is Cc1cc2cc(N3c4nccc(N5C[C@@H](C)N[C@@H](C)C5)c4CC3OC(=O)C(N)=O)ccn2n1. The molecule has 0 radical (unpaired) electrons. The number of nitrogens with zero attached hydrogens (tertiary/aromatic N) is 5. The van der Waals surface area contributed by atoms with Crippen LogP contribution in [0.3, 0.4) is 0 Å². The van der Waals surface area contributed by atoms with Crippen molar-refractivity contribution in [1.82, 2.24) is 19.9 Å². The van der Waals surface area contributed by atoms with E-state index in [2.05, 4.69) is 34.1 Å². The molecule has 3 aromatic heterocycles. The van der Waals surface area contributed by atoms with Gasteiger partial charge in [-0.25, -0.2) is 14.3 Å². The fourth-order valence-electron chi connectivity index (χ4n) is 4.92. The third-order valence-corrected chi connectivity index (χ3v) is 6.09. The van der Waals surface area contributed by atoms with Crippen molar-refractivity contribution in [2.75, 3.05) is 22.9 Å². The van der Waals surface area contributed by atoms with Gasteiger partial charge in [0.2, 0.25) is 0 Å². The molecule has 1 fully saturated rings. The predicted molar refractivity (Wildman–Crippen MR) is 123 cm³/mol. The molecule has 1 saturated heterocycles. The molecule has 0 saturated carbocycles. The summed E-state index contributed by atoms with van der Waals surface area (Å²) in [6.45, 7) is 7.97. The minimum Gasteiger partial charge on any atom is -0.434 e. The molecule has 3 aromatic rings. The van der Waals surface area contributed by atoms with Crippen molar-refractivity contribution in [1.29, 1.82) is 0 Å². The predicted octanol–water partition coefficient (Wildman–Crippen LogP) is 1.27. The third kappa shape index (κ3) is 3.86. The molecule has 5 heterocycles. The summed E-state index contributed by atoms with van der Waals surface area (Å²) in [6, 6.07) is 8.51. The monoisotopic (exact) mass is 449 g/mol. The molecule has 10 nitrogen and oxygen atoms in total. The van der Waals surface area contributed by atoms with Crippen LogP contribution in [0, 0.1) is 6.92 Å². The average Bonchev–Trinajstić information content (AvgIpc) is 3.30. The van der Waals surface area contributed by atoms with E-state index in [1.165, 1.54) is 0 Å². The number of fused-ring (bicyclic) bond motifs is 2. The number of rotatable bonds is 3. The maximum absolute atomic E-state index is 12.1. The van der Waals surface area contributed by atoms with Gasteiger partial charge in [0, 0.05) is 60.9 Å². The van der Waals surface area contributed by atoms with Crippen LogP contribution >= 0.6 is 0 Å². The minimum atomic E-state index is -1.12. The van der Waals surface area contributed by atoms with Crippen molar-refractivity contribution in [3.05, 3.63) is 47.9 Å². The van der Waals surface area contributed by atoms with Gasteiger partial charge in [0.25, 0.3) is 0 Å². The van der Waals surface area contributed by atoms with E-state index >= 15 is 0 Å². The number of nitrogens with one attached hydrogen (secondary N) is 1. The number of aromatic nitrogens is 3. The Morgan fingerprint density at radius 2 is 1.94 bits per heavy atom. The number of amides is 1. The molecule has 0 aliphatic carbocycles. The first-order valence-corrected chi connectivity index (χ1v) is 11.0. The lowest BCUT2D eigenvalue weighted by molar-refractivity contribution is -0.157. The second-order valence-electron chi connectivity index (χ2n) is 8.84. The standard InChI is InChI=1S/C23H27N7O3/c1-13-8-17-9-16(5-7-29(17)27-13)30-20(33-23(32)21(24)31)10-18-19(4-6-25-22(18)30)28-11-14(2)26-15(3)12-28/h4-9,14-15,20,26H,10-12H2,1-3H3,(H2,24,31)/t14-,15+,20?. The van der Waals surface area contributed by atoms with E-state index in [1.54, 1.807) is 10.7 Å². The highest BCUT2D eigenvalue weighted by Crippen LogP contribution is 2.42. The van der Waals surface area contributed by atoms with Crippen molar-refractivity contribution in [3.8, 4) is 0 Å². The summed E-state index contributed by atoms with van der Waals surface area (Å²) in [5.74, 6) is -1.48. The van der Waals surface area contributed by atoms with Crippen molar-refractivity contribution in [2.24, 2.45) is 5.73 Å². The number of piperazine rings is 1. The smallest absolute Gasteiger partial charge is 0.398 e. The van der Waals surface area contributed by atoms with Crippen molar-refractivity contribution in [2.45, 2.75) is 45.5 Å². The Bertz CT molecular complexity index is 1230. The van der Waals surface area contributed by atoms with Gasteiger partial charge in [-0.2, -0.15) is 5.10 Å². The number of primary amides is 1. The van der Waals surface area contributed by atoms with Crippen LogP contribution in [-0.4, -0.2) is 57.9 Å². The Kier molecular flexibility index (Phi) is 5.16. The summed E-state index contributed by atoms with van der Waals surface area (Å²) < 4.78 is 7.33. The highest BCUT2D eigenvalue weighted by atomic mass is 16.6. The highest BCUT2D eigenvalue weighted by molar-refractivity contribution is 6.31. The molecule has 1 unspecified atom stereocenters. The first-order valence-electron chi connectivity index (χ1n) is 11.0. The van der Waals surface area contributed by atoms with Gasteiger partial charge < -0.3 is 20.7 Å². The van der Waals surface area contributed by atoms with Gasteiger partial charge >= 0.3 is 11.9 Å². The molecular weight excluding hydrogens is 422 g/mol. The topological polar surface area (TPSA) is 118 Å². The number of carbonyl (C=O) groups excluding carboxylic acids is 2. The van der Waals surface area contributed by atoms with E-state index in [-0.39, 0.29) is 0 Å². The Morgan fingerprint density at radius 3 is 2.67 bits per heavy atom. The van der Waals surface area contributed by atoms with Crippen LogP contribution < -0.4 is 20.9 Å². The van der Waals surface area contributed by atoms with Crippen LogP contribution in [0.5, 0.6) is 0 Å². The van der Waals surface area contributed by atoms with E-state index in [0.717, 1.165) is 41.2 Å². The highest BCUT2D eigenvalue weighted by Gasteiger charge is 2.38. The number of aryl methyl sites for hydroxylation is 1. The van der Waals surface area contributed by atoms with E-state index in [0.29, 0.717) is 24.3 Å². The molecule has 10 heteroatoms. The molecule has 5 rings (SSSR count). The van der Waals surface area contributed by atoms with Gasteiger partial charge in [-0.15, -0.1) is 0 Å². The van der Waals surface area contributed by atoms with Gasteiger partial charge in [-0.3, -0.25) is 9.69 Å². The molecule has 3 atom stereocenters. The summed E-state index contributed by atoms with van der Waals surface area (Å²) in [5, 5.41) is 7.98. The number of carbonyl (C=O) groups is 2. The average molecular weight is 450 g/mol. The maximum Gasteiger partial charge on any atom is 0.398 e. The summed E-state index contributed by atoms with van der Waals surface area (Å²) in [5.41, 5.74) is 9.81. The van der Waals surface area contributed by atoms with Crippen LogP contribution in [0.15, 0.2) is 36.7 Å². The number of hydrogen-bond acceptors (Lipinski definition) is 8. The van der Waals surface area contributed by atoms with Crippen LogP contribution in [-0.2, 0) is 20.7 Å². The van der Waals surface area contributed by atoms with Crippen molar-refractivity contribution < 1.29 is 14.3 Å². The van der Waals surface area contributed by atoms with Gasteiger partial charge in [-0.05, 0) is 45.0 Å². The number of ether oxygens (including phenoxy) is 1. The van der Waals surface area contributed by atoms with Gasteiger partial charge in [-0.1, -0.05) is 0 Å². The molecule has 172 valence electrons. The lowest BCUT2D eigenvalue weighted by atomic mass is 10.1. The molecule has 1 amide bonds. The maximum atomic E-state index is 12.1. The zero-order valence-corrected chi connectivity index (χ0v) is 18.9. The fourth-order valence-corrected chi connectivity index (χ4v) is 4.92. The van der Waals surface area contributed by atoms with Crippen LogP contribution in [0.25, 0.3) is 5.52 Å². The largest absolute Gasteiger partial charge is 0.434 e. The molecule has 0 aromatic carbocycles. The Balaban J connectivity index is 1.58. The Morgan fingerprint density at radius 1 is 1.18 bits per heavy atom. The van der Waals surface area contributed by atoms with Crippen molar-refractivity contribution >= 4 is 34.6 Å². The second-order valence-corrected chi connectivity index (χ2v) is 8.84. The molecule has 0 spiro atoms. The zero-order chi connectivity index (χ0) is 23.3. The number of hydrogen-bond donors (Lipinski definition) is 2. The van der Waals surface area contributed by atoms with E-state index in [4.69, 9.17) is 10.5 Å². The Labute approximate surface area is 191 Å². The summed E-state index contributed by atoms with van der Waals surface area (Å²) >= 11 is 0. The normalized spacial score (nSPS) is 22.5. The molecular formula is C23H27N7O3. The lowest BCUT2D eigenvalue weighted by Crippen LogP contribution is -2.54. The minimum absolute atomic E-state index is 0.339. The van der Waals surface area contributed by atoms with Crippen molar-refractivity contribution in [3.63, 3.8) is 0 Å². The van der Waals surface area contributed by atoms with E-state index in [9.17, 15) is 9.59 Å². The lowest BCUT2D eigenvalue weighted by Gasteiger charge is -2.38. The first kappa shape index (κ1) is 21.2. The summed E-state index contributed by atoms with van der Waals surface area (Å²) in [4.78, 5) is 32.4. The number of pyridine rings is 2. The zero-order valence-electron chi connectivity index (χ0n) is 18.9. The van der Waals surface area contributed by atoms with Crippen LogP contribution in [0.4, 0.5) is 17.2 Å². The number of nitrogens with two attached hydrogens (primary N) is 1. The molecule has 2 aliphatic rings. The molecule has 33 heavy (non-hydrogen) atoms. The molecule has 3 N–H and O–H groups in total. The fraction of sp³-hybridized carbons (Fsp3) is 0.391. The van der Waals surface area contributed by atoms with Gasteiger partial charge in [0.1, 0.15) is 5.82 Å². The molecule has 2 aliphatic heterocycles.